The lowest BCUT2D eigenvalue weighted by atomic mass is 10.1. The van der Waals surface area contributed by atoms with Crippen LogP contribution in [0.4, 0.5) is 0 Å². The van der Waals surface area contributed by atoms with Crippen LogP contribution < -0.4 is 4.74 Å². The van der Waals surface area contributed by atoms with Gasteiger partial charge in [-0.2, -0.15) is 0 Å². The van der Waals surface area contributed by atoms with E-state index in [1.807, 2.05) is 32.9 Å². The molecule has 1 saturated heterocycles. The predicted octanol–water partition coefficient (Wildman–Crippen LogP) is 1.57. The Labute approximate surface area is 160 Å². The number of rotatable bonds is 7. The molecule has 1 aromatic carbocycles. The van der Waals surface area contributed by atoms with E-state index in [0.29, 0.717) is 18.7 Å². The van der Waals surface area contributed by atoms with Crippen LogP contribution in [0, 0.1) is 20.8 Å². The molecule has 0 N–H and O–H groups in total. The van der Waals surface area contributed by atoms with E-state index < -0.39 is 28.3 Å². The van der Waals surface area contributed by atoms with E-state index in [9.17, 15) is 18.0 Å². The molecule has 1 aromatic rings. The number of nitrogens with zero attached hydrogens (tertiary/aromatic N) is 1. The van der Waals surface area contributed by atoms with Crippen molar-refractivity contribution >= 4 is 21.7 Å². The number of ether oxygens (including phenoxy) is 2. The minimum atomic E-state index is -3.09. The minimum Gasteiger partial charge on any atom is -0.481 e. The molecular formula is C19H27NO6S. The van der Waals surface area contributed by atoms with Gasteiger partial charge in [-0.05, 0) is 45.2 Å². The van der Waals surface area contributed by atoms with Gasteiger partial charge >= 0.3 is 5.97 Å². The van der Waals surface area contributed by atoms with Crippen molar-refractivity contribution in [2.75, 3.05) is 31.3 Å². The van der Waals surface area contributed by atoms with Crippen molar-refractivity contribution in [1.29, 1.82) is 0 Å². The first-order chi connectivity index (χ1) is 12.6. The number of carbonyl (C=O) groups excluding carboxylic acids is 2. The van der Waals surface area contributed by atoms with Gasteiger partial charge in [0.2, 0.25) is 0 Å². The topological polar surface area (TPSA) is 90.0 Å². The second-order valence-corrected chi connectivity index (χ2v) is 9.14. The number of aryl methyl sites for hydroxylation is 3. The fourth-order valence-electron chi connectivity index (χ4n) is 3.45. The Morgan fingerprint density at radius 2 is 1.78 bits per heavy atom. The summed E-state index contributed by atoms with van der Waals surface area (Å²) in [6.07, 6.45) is 0.422. The van der Waals surface area contributed by atoms with Gasteiger partial charge in [0, 0.05) is 12.6 Å². The lowest BCUT2D eigenvalue weighted by molar-refractivity contribution is -0.154. The molecule has 150 valence electrons. The summed E-state index contributed by atoms with van der Waals surface area (Å²) in [6.45, 7) is 7.22. The Bertz CT molecular complexity index is 794. The van der Waals surface area contributed by atoms with Crippen LogP contribution in [-0.2, 0) is 24.2 Å². The van der Waals surface area contributed by atoms with Crippen molar-refractivity contribution in [2.45, 2.75) is 40.2 Å². The maximum Gasteiger partial charge on any atom is 0.344 e. The van der Waals surface area contributed by atoms with Gasteiger partial charge in [-0.3, -0.25) is 4.79 Å². The van der Waals surface area contributed by atoms with Crippen molar-refractivity contribution in [3.05, 3.63) is 28.8 Å². The van der Waals surface area contributed by atoms with Crippen molar-refractivity contribution in [2.24, 2.45) is 0 Å². The summed E-state index contributed by atoms with van der Waals surface area (Å²) in [5.74, 6) is -0.344. The average molecular weight is 397 g/mol. The van der Waals surface area contributed by atoms with Crippen LogP contribution in [0.1, 0.15) is 30.0 Å². The van der Waals surface area contributed by atoms with Crippen LogP contribution in [-0.4, -0.2) is 62.5 Å². The van der Waals surface area contributed by atoms with Gasteiger partial charge in [0.1, 0.15) is 5.75 Å². The number of amides is 1. The SMILES string of the molecule is CCN(C(=O)COC(=O)COc1c(C)cc(C)cc1C)[C@H]1CCS(=O)(=O)C1. The molecule has 27 heavy (non-hydrogen) atoms. The molecule has 1 aliphatic rings. The third-order valence-electron chi connectivity index (χ3n) is 4.61. The molecule has 0 spiro atoms. The molecule has 0 radical (unpaired) electrons. The number of esters is 1. The molecule has 1 atom stereocenters. The summed E-state index contributed by atoms with van der Waals surface area (Å²) in [5.41, 5.74) is 2.96. The molecule has 7 nitrogen and oxygen atoms in total. The number of hydrogen-bond acceptors (Lipinski definition) is 6. The quantitative estimate of drug-likeness (QED) is 0.649. The van der Waals surface area contributed by atoms with E-state index in [0.717, 1.165) is 16.7 Å². The Morgan fingerprint density at radius 1 is 1.15 bits per heavy atom. The zero-order valence-corrected chi connectivity index (χ0v) is 17.1. The normalized spacial score (nSPS) is 18.1. The zero-order valence-electron chi connectivity index (χ0n) is 16.3. The van der Waals surface area contributed by atoms with Gasteiger partial charge in [0.25, 0.3) is 5.91 Å². The Kier molecular flexibility index (Phi) is 6.86. The summed E-state index contributed by atoms with van der Waals surface area (Å²) in [6, 6.07) is 3.58. The van der Waals surface area contributed by atoms with Gasteiger partial charge in [-0.15, -0.1) is 0 Å². The van der Waals surface area contributed by atoms with Crippen LogP contribution in [0.15, 0.2) is 12.1 Å². The average Bonchev–Trinajstić information content (AvgIpc) is 2.92. The first kappa shape index (κ1) is 21.2. The number of likely N-dealkylation sites (N-methyl/N-ethyl adjacent to an activating group) is 1. The molecular weight excluding hydrogens is 370 g/mol. The first-order valence-corrected chi connectivity index (χ1v) is 10.8. The van der Waals surface area contributed by atoms with Crippen LogP contribution in [0.5, 0.6) is 5.75 Å². The van der Waals surface area contributed by atoms with Crippen LogP contribution >= 0.6 is 0 Å². The Balaban J connectivity index is 1.85. The van der Waals surface area contributed by atoms with E-state index in [1.54, 1.807) is 6.92 Å². The van der Waals surface area contributed by atoms with Crippen molar-refractivity contribution in [1.82, 2.24) is 4.90 Å². The third kappa shape index (κ3) is 5.69. The van der Waals surface area contributed by atoms with Crippen molar-refractivity contribution in [3.63, 3.8) is 0 Å². The summed E-state index contributed by atoms with van der Waals surface area (Å²) in [5, 5.41) is 0. The molecule has 0 bridgehead atoms. The molecule has 0 unspecified atom stereocenters. The number of benzene rings is 1. The smallest absolute Gasteiger partial charge is 0.344 e. The van der Waals surface area contributed by atoms with Crippen LogP contribution in [0.3, 0.4) is 0 Å². The van der Waals surface area contributed by atoms with Crippen LogP contribution in [0.25, 0.3) is 0 Å². The van der Waals surface area contributed by atoms with Crippen LogP contribution in [0.2, 0.25) is 0 Å². The fourth-order valence-corrected chi connectivity index (χ4v) is 5.18. The highest BCUT2D eigenvalue weighted by Gasteiger charge is 2.34. The number of hydrogen-bond donors (Lipinski definition) is 0. The Hall–Kier alpha value is -2.09. The lowest BCUT2D eigenvalue weighted by Gasteiger charge is -2.26. The van der Waals surface area contributed by atoms with E-state index >= 15 is 0 Å². The predicted molar refractivity (Wildman–Crippen MR) is 102 cm³/mol. The molecule has 1 amide bonds. The standard InChI is InChI=1S/C19H27NO6S/c1-5-20(16-6-7-27(23,24)12-16)17(21)10-25-18(22)11-26-19-14(3)8-13(2)9-15(19)4/h8-9,16H,5-7,10-12H2,1-4H3/t16-/m0/s1. The maximum atomic E-state index is 12.3. The number of sulfone groups is 1. The molecule has 1 fully saturated rings. The summed E-state index contributed by atoms with van der Waals surface area (Å²) in [7, 11) is -3.09. The summed E-state index contributed by atoms with van der Waals surface area (Å²) >= 11 is 0. The lowest BCUT2D eigenvalue weighted by Crippen LogP contribution is -2.43. The van der Waals surface area contributed by atoms with Crippen molar-refractivity contribution < 1.29 is 27.5 Å². The molecule has 1 heterocycles. The highest BCUT2D eigenvalue weighted by atomic mass is 32.2. The first-order valence-electron chi connectivity index (χ1n) is 8.99. The van der Waals surface area contributed by atoms with E-state index in [4.69, 9.17) is 9.47 Å². The minimum absolute atomic E-state index is 0.0321. The summed E-state index contributed by atoms with van der Waals surface area (Å²) < 4.78 is 33.8. The van der Waals surface area contributed by atoms with E-state index in [-0.39, 0.29) is 24.2 Å². The second-order valence-electron chi connectivity index (χ2n) is 6.91. The molecule has 0 aromatic heterocycles. The molecule has 1 aliphatic heterocycles. The van der Waals surface area contributed by atoms with Gasteiger partial charge in [0.05, 0.1) is 11.5 Å². The van der Waals surface area contributed by atoms with E-state index in [1.165, 1.54) is 4.90 Å². The monoisotopic (exact) mass is 397 g/mol. The zero-order chi connectivity index (χ0) is 20.2. The van der Waals surface area contributed by atoms with E-state index in [2.05, 4.69) is 0 Å². The summed E-state index contributed by atoms with van der Waals surface area (Å²) in [4.78, 5) is 25.7. The molecule has 0 saturated carbocycles. The third-order valence-corrected chi connectivity index (χ3v) is 6.36. The molecule has 0 aliphatic carbocycles. The molecule has 8 heteroatoms. The highest BCUT2D eigenvalue weighted by molar-refractivity contribution is 7.91. The fraction of sp³-hybridized carbons (Fsp3) is 0.579. The Morgan fingerprint density at radius 3 is 2.30 bits per heavy atom. The largest absolute Gasteiger partial charge is 0.481 e. The second kappa shape index (κ2) is 8.73. The van der Waals surface area contributed by atoms with Crippen molar-refractivity contribution in [3.8, 4) is 5.75 Å². The maximum absolute atomic E-state index is 12.3. The highest BCUT2D eigenvalue weighted by Crippen LogP contribution is 2.24. The van der Waals surface area contributed by atoms with Gasteiger partial charge < -0.3 is 14.4 Å². The van der Waals surface area contributed by atoms with Gasteiger partial charge in [-0.1, -0.05) is 17.7 Å². The number of carbonyl (C=O) groups is 2. The molecule has 2 rings (SSSR count). The van der Waals surface area contributed by atoms with Gasteiger partial charge in [0.15, 0.2) is 23.1 Å². The van der Waals surface area contributed by atoms with Gasteiger partial charge in [-0.25, -0.2) is 13.2 Å².